The number of benzene rings is 1. The topological polar surface area (TPSA) is 90.2 Å². The maximum atomic E-state index is 12.1. The minimum Gasteiger partial charge on any atom is -0.493 e. The lowest BCUT2D eigenvalue weighted by molar-refractivity contribution is -0.116. The molecule has 0 fully saturated rings. The molecule has 0 aliphatic rings. The van der Waals surface area contributed by atoms with Gasteiger partial charge in [0.1, 0.15) is 0 Å². The highest BCUT2D eigenvalue weighted by atomic mass is 16.5. The Morgan fingerprint density at radius 3 is 2.23 bits per heavy atom. The molecular weight excluding hydrogens is 340 g/mol. The number of hydrogen-bond donors (Lipinski definition) is 1. The van der Waals surface area contributed by atoms with E-state index in [2.05, 4.69) is 5.32 Å². The van der Waals surface area contributed by atoms with Gasteiger partial charge in [0.15, 0.2) is 17.3 Å². The zero-order valence-electron chi connectivity index (χ0n) is 15.2. The summed E-state index contributed by atoms with van der Waals surface area (Å²) >= 11 is 0. The third kappa shape index (κ3) is 4.27. The van der Waals surface area contributed by atoms with Gasteiger partial charge in [-0.2, -0.15) is 0 Å². The lowest BCUT2D eigenvalue weighted by Gasteiger charge is -2.23. The lowest BCUT2D eigenvalue weighted by atomic mass is 10.2. The lowest BCUT2D eigenvalue weighted by Crippen LogP contribution is -2.37. The average Bonchev–Trinajstić information content (AvgIpc) is 3.18. The Kier molecular flexibility index (Phi) is 6.48. The van der Waals surface area contributed by atoms with Gasteiger partial charge in [-0.05, 0) is 12.1 Å². The fourth-order valence-electron chi connectivity index (χ4n) is 2.47. The molecule has 8 heteroatoms. The SMILES string of the molecule is COc1cc(N(CCNC(=O)c2ccco2)C(C)=O)cc(OC)c1OC. The van der Waals surface area contributed by atoms with Crippen molar-refractivity contribution < 1.29 is 28.2 Å². The fraction of sp³-hybridized carbons (Fsp3) is 0.333. The van der Waals surface area contributed by atoms with E-state index in [4.69, 9.17) is 18.6 Å². The summed E-state index contributed by atoms with van der Waals surface area (Å²) in [4.78, 5) is 25.5. The van der Waals surface area contributed by atoms with E-state index in [1.807, 2.05) is 0 Å². The number of nitrogens with zero attached hydrogens (tertiary/aromatic N) is 1. The van der Waals surface area contributed by atoms with Crippen LogP contribution >= 0.6 is 0 Å². The van der Waals surface area contributed by atoms with Crippen molar-refractivity contribution in [2.45, 2.75) is 6.92 Å². The van der Waals surface area contributed by atoms with E-state index >= 15 is 0 Å². The predicted octanol–water partition coefficient (Wildman–Crippen LogP) is 2.09. The number of amides is 2. The van der Waals surface area contributed by atoms with Gasteiger partial charge in [-0.1, -0.05) is 0 Å². The number of nitrogens with one attached hydrogen (secondary N) is 1. The first-order chi connectivity index (χ1) is 12.5. The van der Waals surface area contributed by atoms with E-state index in [-0.39, 0.29) is 30.7 Å². The summed E-state index contributed by atoms with van der Waals surface area (Å²) in [6, 6.07) is 6.55. The van der Waals surface area contributed by atoms with Crippen molar-refractivity contribution in [2.24, 2.45) is 0 Å². The molecule has 0 bridgehead atoms. The highest BCUT2D eigenvalue weighted by Crippen LogP contribution is 2.41. The van der Waals surface area contributed by atoms with E-state index in [1.165, 1.54) is 39.4 Å². The molecule has 1 aromatic carbocycles. The quantitative estimate of drug-likeness (QED) is 0.773. The molecule has 0 radical (unpaired) electrons. The van der Waals surface area contributed by atoms with E-state index < -0.39 is 0 Å². The van der Waals surface area contributed by atoms with Crippen LogP contribution in [-0.2, 0) is 4.79 Å². The largest absolute Gasteiger partial charge is 0.493 e. The molecule has 0 spiro atoms. The summed E-state index contributed by atoms with van der Waals surface area (Å²) in [6.45, 7) is 1.95. The number of methoxy groups -OCH3 is 3. The van der Waals surface area contributed by atoms with Crippen LogP contribution in [0.25, 0.3) is 0 Å². The minimum absolute atomic E-state index is 0.188. The number of hydrogen-bond acceptors (Lipinski definition) is 6. The molecule has 2 rings (SSSR count). The Balaban J connectivity index is 2.16. The Bertz CT molecular complexity index is 732. The third-order valence-electron chi connectivity index (χ3n) is 3.71. The number of carbonyl (C=O) groups excluding carboxylic acids is 2. The van der Waals surface area contributed by atoms with Gasteiger partial charge in [0, 0.05) is 32.1 Å². The van der Waals surface area contributed by atoms with E-state index in [0.29, 0.717) is 22.9 Å². The van der Waals surface area contributed by atoms with Crippen LogP contribution < -0.4 is 24.4 Å². The van der Waals surface area contributed by atoms with Crippen LogP contribution in [0, 0.1) is 0 Å². The van der Waals surface area contributed by atoms with Gasteiger partial charge in [0.05, 0.1) is 33.3 Å². The van der Waals surface area contributed by atoms with Gasteiger partial charge in [-0.25, -0.2) is 0 Å². The first kappa shape index (κ1) is 19.2. The maximum absolute atomic E-state index is 12.1. The smallest absolute Gasteiger partial charge is 0.287 e. The summed E-state index contributed by atoms with van der Waals surface area (Å²) in [6.07, 6.45) is 1.42. The zero-order valence-corrected chi connectivity index (χ0v) is 15.2. The van der Waals surface area contributed by atoms with Gasteiger partial charge in [0.25, 0.3) is 5.91 Å². The van der Waals surface area contributed by atoms with Crippen molar-refractivity contribution in [1.29, 1.82) is 0 Å². The summed E-state index contributed by atoms with van der Waals surface area (Å²) in [5.74, 6) is 0.996. The van der Waals surface area contributed by atoms with Crippen molar-refractivity contribution in [1.82, 2.24) is 5.32 Å². The normalized spacial score (nSPS) is 10.2. The predicted molar refractivity (Wildman–Crippen MR) is 95.2 cm³/mol. The number of anilines is 1. The second kappa shape index (κ2) is 8.80. The highest BCUT2D eigenvalue weighted by Gasteiger charge is 2.19. The number of ether oxygens (including phenoxy) is 3. The van der Waals surface area contributed by atoms with Crippen molar-refractivity contribution in [3.8, 4) is 17.2 Å². The first-order valence-electron chi connectivity index (χ1n) is 7.91. The van der Waals surface area contributed by atoms with Crippen LogP contribution in [0.2, 0.25) is 0 Å². The molecule has 1 heterocycles. The Hall–Kier alpha value is -3.16. The van der Waals surface area contributed by atoms with Crippen LogP contribution in [0.4, 0.5) is 5.69 Å². The van der Waals surface area contributed by atoms with E-state index in [0.717, 1.165) is 0 Å². The van der Waals surface area contributed by atoms with Crippen molar-refractivity contribution >= 4 is 17.5 Å². The fourth-order valence-corrected chi connectivity index (χ4v) is 2.47. The van der Waals surface area contributed by atoms with Crippen molar-refractivity contribution in [3.63, 3.8) is 0 Å². The molecule has 140 valence electrons. The highest BCUT2D eigenvalue weighted by molar-refractivity contribution is 5.93. The van der Waals surface area contributed by atoms with Gasteiger partial charge in [0.2, 0.25) is 11.7 Å². The van der Waals surface area contributed by atoms with Crippen molar-refractivity contribution in [2.75, 3.05) is 39.3 Å². The standard InChI is InChI=1S/C18H22N2O6/c1-12(21)20(8-7-19-18(22)14-6-5-9-26-14)13-10-15(23-2)17(25-4)16(11-13)24-3/h5-6,9-11H,7-8H2,1-4H3,(H,19,22). The summed E-state index contributed by atoms with van der Waals surface area (Å²) in [5.41, 5.74) is 0.569. The van der Waals surface area contributed by atoms with Crippen LogP contribution in [0.1, 0.15) is 17.5 Å². The van der Waals surface area contributed by atoms with Crippen molar-refractivity contribution in [3.05, 3.63) is 36.3 Å². The minimum atomic E-state index is -0.344. The summed E-state index contributed by atoms with van der Waals surface area (Å²) in [7, 11) is 4.51. The molecule has 0 aliphatic heterocycles. The van der Waals surface area contributed by atoms with Gasteiger partial charge < -0.3 is 28.8 Å². The number of carbonyl (C=O) groups is 2. The average molecular weight is 362 g/mol. The Labute approximate surface area is 151 Å². The summed E-state index contributed by atoms with van der Waals surface area (Å²) in [5, 5.41) is 2.71. The van der Waals surface area contributed by atoms with Gasteiger partial charge in [-0.3, -0.25) is 9.59 Å². The number of furan rings is 1. The monoisotopic (exact) mass is 362 g/mol. The van der Waals surface area contributed by atoms with E-state index in [9.17, 15) is 9.59 Å². The third-order valence-corrected chi connectivity index (χ3v) is 3.71. The second-order valence-electron chi connectivity index (χ2n) is 5.29. The molecule has 0 saturated heterocycles. The van der Waals surface area contributed by atoms with E-state index in [1.54, 1.807) is 24.3 Å². The molecule has 1 N–H and O–H groups in total. The molecule has 1 aromatic heterocycles. The molecule has 8 nitrogen and oxygen atoms in total. The second-order valence-corrected chi connectivity index (χ2v) is 5.29. The Morgan fingerprint density at radius 2 is 1.77 bits per heavy atom. The molecule has 0 unspecified atom stereocenters. The molecule has 0 atom stereocenters. The molecule has 26 heavy (non-hydrogen) atoms. The Morgan fingerprint density at radius 1 is 1.12 bits per heavy atom. The van der Waals surface area contributed by atoms with Crippen LogP contribution in [0.15, 0.2) is 34.9 Å². The van der Waals surface area contributed by atoms with Crippen LogP contribution in [0.5, 0.6) is 17.2 Å². The van der Waals surface area contributed by atoms with Crippen LogP contribution in [0.3, 0.4) is 0 Å². The zero-order chi connectivity index (χ0) is 19.1. The first-order valence-corrected chi connectivity index (χ1v) is 7.91. The van der Waals surface area contributed by atoms with Gasteiger partial charge in [-0.15, -0.1) is 0 Å². The molecule has 2 amide bonds. The number of rotatable bonds is 8. The summed E-state index contributed by atoms with van der Waals surface area (Å²) < 4.78 is 20.9. The van der Waals surface area contributed by atoms with Gasteiger partial charge >= 0.3 is 0 Å². The molecule has 0 saturated carbocycles. The maximum Gasteiger partial charge on any atom is 0.287 e. The molecule has 2 aromatic rings. The molecule has 0 aliphatic carbocycles. The van der Waals surface area contributed by atoms with Crippen LogP contribution in [-0.4, -0.2) is 46.2 Å². The molecular formula is C18H22N2O6.